The van der Waals surface area contributed by atoms with Gasteiger partial charge in [-0.1, -0.05) is 30.3 Å². The smallest absolute Gasteiger partial charge is 0.129 e. The first-order valence-electron chi connectivity index (χ1n) is 8.95. The van der Waals surface area contributed by atoms with E-state index in [1.165, 1.54) is 3.57 Å². The number of ether oxygens (including phenoxy) is 3. The van der Waals surface area contributed by atoms with E-state index in [-0.39, 0.29) is 0 Å². The summed E-state index contributed by atoms with van der Waals surface area (Å²) < 4.78 is 18.3. The molecule has 1 fully saturated rings. The number of likely N-dealkylation sites (N-methyl/N-ethyl adjacent to an activating group) is 1. The normalized spacial score (nSPS) is 15.6. The van der Waals surface area contributed by atoms with Gasteiger partial charge in [-0.2, -0.15) is 0 Å². The van der Waals surface area contributed by atoms with Gasteiger partial charge in [0.2, 0.25) is 0 Å². The van der Waals surface area contributed by atoms with Crippen molar-refractivity contribution in [2.24, 2.45) is 0 Å². The lowest BCUT2D eigenvalue weighted by atomic mass is 10.1. The molecular formula is C22H22INO3. The number of anilines is 1. The Kier molecular flexibility index (Phi) is 5.41. The summed E-state index contributed by atoms with van der Waals surface area (Å²) in [5.41, 5.74) is 2.30. The monoisotopic (exact) mass is 475 g/mol. The molecule has 1 heterocycles. The van der Waals surface area contributed by atoms with Crippen LogP contribution in [0.25, 0.3) is 10.8 Å². The van der Waals surface area contributed by atoms with Gasteiger partial charge in [0.25, 0.3) is 0 Å². The molecule has 3 aromatic carbocycles. The predicted molar refractivity (Wildman–Crippen MR) is 117 cm³/mol. The SMILES string of the molecule is COc1ccc2c(OCc3ccccc3)cc(N(C)CC3CO3)c(I)c2c1. The number of benzene rings is 3. The lowest BCUT2D eigenvalue weighted by molar-refractivity contribution is 0.310. The average Bonchev–Trinajstić information content (AvgIpc) is 3.52. The molecule has 0 amide bonds. The Morgan fingerprint density at radius 1 is 1.11 bits per heavy atom. The molecule has 4 rings (SSSR count). The third-order valence-corrected chi connectivity index (χ3v) is 5.88. The zero-order valence-corrected chi connectivity index (χ0v) is 17.6. The number of epoxide rings is 1. The Bertz CT molecular complexity index is 941. The summed E-state index contributed by atoms with van der Waals surface area (Å²) in [6.07, 6.45) is 0.334. The van der Waals surface area contributed by atoms with Gasteiger partial charge in [-0.25, -0.2) is 0 Å². The number of rotatable bonds is 7. The Morgan fingerprint density at radius 3 is 2.59 bits per heavy atom. The quantitative estimate of drug-likeness (QED) is 0.361. The molecule has 1 unspecified atom stereocenters. The van der Waals surface area contributed by atoms with Crippen LogP contribution in [0.3, 0.4) is 0 Å². The fourth-order valence-corrected chi connectivity index (χ4v) is 4.17. The zero-order valence-electron chi connectivity index (χ0n) is 15.4. The molecule has 1 saturated heterocycles. The van der Waals surface area contributed by atoms with Crippen molar-refractivity contribution in [1.29, 1.82) is 0 Å². The number of halogens is 1. The van der Waals surface area contributed by atoms with Crippen molar-refractivity contribution in [2.45, 2.75) is 12.7 Å². The molecule has 5 heteroatoms. The minimum Gasteiger partial charge on any atom is -0.497 e. The molecule has 0 aromatic heterocycles. The summed E-state index contributed by atoms with van der Waals surface area (Å²) in [7, 11) is 3.80. The second-order valence-corrected chi connectivity index (χ2v) is 7.81. The summed E-state index contributed by atoms with van der Waals surface area (Å²) in [5, 5.41) is 2.23. The van der Waals surface area contributed by atoms with Crippen molar-refractivity contribution in [2.75, 3.05) is 32.2 Å². The molecule has 1 atom stereocenters. The minimum absolute atomic E-state index is 0.334. The summed E-state index contributed by atoms with van der Waals surface area (Å²) in [6, 6.07) is 18.5. The summed E-state index contributed by atoms with van der Waals surface area (Å²) in [5.74, 6) is 1.73. The molecule has 4 nitrogen and oxygen atoms in total. The van der Waals surface area contributed by atoms with Gasteiger partial charge in [0.05, 0.1) is 25.5 Å². The van der Waals surface area contributed by atoms with Gasteiger partial charge in [-0.15, -0.1) is 0 Å². The third kappa shape index (κ3) is 4.14. The Balaban J connectivity index is 1.73. The molecule has 1 aliphatic rings. The van der Waals surface area contributed by atoms with E-state index in [2.05, 4.69) is 64.9 Å². The maximum Gasteiger partial charge on any atom is 0.129 e. The first-order valence-corrected chi connectivity index (χ1v) is 10.0. The van der Waals surface area contributed by atoms with Crippen LogP contribution in [-0.2, 0) is 11.3 Å². The van der Waals surface area contributed by atoms with Crippen molar-refractivity contribution in [3.8, 4) is 11.5 Å². The van der Waals surface area contributed by atoms with Crippen LogP contribution >= 0.6 is 22.6 Å². The second-order valence-electron chi connectivity index (χ2n) is 6.73. The van der Waals surface area contributed by atoms with E-state index in [4.69, 9.17) is 14.2 Å². The molecule has 0 spiro atoms. The van der Waals surface area contributed by atoms with Gasteiger partial charge in [0.1, 0.15) is 18.1 Å². The second kappa shape index (κ2) is 7.94. The van der Waals surface area contributed by atoms with Crippen LogP contribution in [0, 0.1) is 3.57 Å². The topological polar surface area (TPSA) is 34.2 Å². The van der Waals surface area contributed by atoms with Crippen LogP contribution in [0.4, 0.5) is 5.69 Å². The summed E-state index contributed by atoms with van der Waals surface area (Å²) >= 11 is 2.42. The molecule has 0 radical (unpaired) electrons. The fourth-order valence-electron chi connectivity index (χ4n) is 3.16. The van der Waals surface area contributed by atoms with Crippen molar-refractivity contribution < 1.29 is 14.2 Å². The van der Waals surface area contributed by atoms with Crippen molar-refractivity contribution in [1.82, 2.24) is 0 Å². The van der Waals surface area contributed by atoms with Crippen LogP contribution in [0.15, 0.2) is 54.6 Å². The van der Waals surface area contributed by atoms with Gasteiger partial charge in [-0.3, -0.25) is 0 Å². The maximum absolute atomic E-state index is 6.24. The summed E-state index contributed by atoms with van der Waals surface area (Å²) in [6.45, 7) is 2.26. The molecule has 1 aliphatic heterocycles. The number of hydrogen-bond acceptors (Lipinski definition) is 4. The molecule has 0 bridgehead atoms. The third-order valence-electron chi connectivity index (χ3n) is 4.75. The molecule has 3 aromatic rings. The van der Waals surface area contributed by atoms with Crippen LogP contribution < -0.4 is 14.4 Å². The molecule has 0 saturated carbocycles. The van der Waals surface area contributed by atoms with E-state index in [0.29, 0.717) is 12.7 Å². The van der Waals surface area contributed by atoms with Crippen molar-refractivity contribution in [3.63, 3.8) is 0 Å². The first-order chi connectivity index (χ1) is 13.2. The highest BCUT2D eigenvalue weighted by molar-refractivity contribution is 14.1. The number of fused-ring (bicyclic) bond motifs is 1. The van der Waals surface area contributed by atoms with E-state index >= 15 is 0 Å². The molecule has 27 heavy (non-hydrogen) atoms. The Labute approximate surface area is 173 Å². The van der Waals surface area contributed by atoms with E-state index in [0.717, 1.165) is 46.7 Å². The van der Waals surface area contributed by atoms with Gasteiger partial charge in [0, 0.05) is 34.0 Å². The van der Waals surface area contributed by atoms with Gasteiger partial charge >= 0.3 is 0 Å². The van der Waals surface area contributed by atoms with E-state index in [1.807, 2.05) is 24.3 Å². The Hall–Kier alpha value is -1.99. The van der Waals surface area contributed by atoms with Gasteiger partial charge in [0.15, 0.2) is 0 Å². The van der Waals surface area contributed by atoms with Crippen LogP contribution in [-0.4, -0.2) is 33.4 Å². The fraction of sp³-hybridized carbons (Fsp3) is 0.273. The van der Waals surface area contributed by atoms with Crippen molar-refractivity contribution in [3.05, 3.63) is 63.7 Å². The lowest BCUT2D eigenvalue weighted by Crippen LogP contribution is -2.23. The molecule has 0 N–H and O–H groups in total. The molecular weight excluding hydrogens is 453 g/mol. The van der Waals surface area contributed by atoms with Gasteiger partial charge in [-0.05, 0) is 46.4 Å². The first kappa shape index (κ1) is 18.4. The van der Waals surface area contributed by atoms with E-state index < -0.39 is 0 Å². The number of hydrogen-bond donors (Lipinski definition) is 0. The maximum atomic E-state index is 6.24. The number of nitrogens with zero attached hydrogens (tertiary/aromatic N) is 1. The van der Waals surface area contributed by atoms with Crippen molar-refractivity contribution >= 4 is 39.1 Å². The molecule has 140 valence electrons. The molecule has 0 aliphatic carbocycles. The average molecular weight is 475 g/mol. The number of methoxy groups -OCH3 is 1. The standard InChI is InChI=1S/C22H22INO3/c1-24(12-17-14-26-17)20-11-21(27-13-15-6-4-3-5-7-15)18-9-8-16(25-2)10-19(18)22(20)23/h3-11,17H,12-14H2,1-2H3. The highest BCUT2D eigenvalue weighted by Gasteiger charge is 2.25. The zero-order chi connectivity index (χ0) is 18.8. The predicted octanol–water partition coefficient (Wildman–Crippen LogP) is 4.87. The van der Waals surface area contributed by atoms with E-state index in [1.54, 1.807) is 7.11 Å². The van der Waals surface area contributed by atoms with Crippen LogP contribution in [0.2, 0.25) is 0 Å². The summed E-state index contributed by atoms with van der Waals surface area (Å²) in [4.78, 5) is 2.24. The van der Waals surface area contributed by atoms with Gasteiger partial charge < -0.3 is 19.1 Å². The van der Waals surface area contributed by atoms with Crippen LogP contribution in [0.1, 0.15) is 5.56 Å². The lowest BCUT2D eigenvalue weighted by Gasteiger charge is -2.23. The van der Waals surface area contributed by atoms with Crippen LogP contribution in [0.5, 0.6) is 11.5 Å². The minimum atomic E-state index is 0.334. The van der Waals surface area contributed by atoms with E-state index in [9.17, 15) is 0 Å². The highest BCUT2D eigenvalue weighted by Crippen LogP contribution is 2.39. The highest BCUT2D eigenvalue weighted by atomic mass is 127. The largest absolute Gasteiger partial charge is 0.497 e. The Morgan fingerprint density at radius 2 is 1.89 bits per heavy atom.